The fourth-order valence-electron chi connectivity index (χ4n) is 2.34. The molecule has 1 N–H and O–H groups in total. The van der Waals surface area contributed by atoms with Gasteiger partial charge in [0.2, 0.25) is 0 Å². The summed E-state index contributed by atoms with van der Waals surface area (Å²) in [7, 11) is 0. The van der Waals surface area contributed by atoms with Crippen LogP contribution in [-0.2, 0) is 6.54 Å². The molecular weight excluding hydrogens is 310 g/mol. The highest BCUT2D eigenvalue weighted by Crippen LogP contribution is 2.17. The van der Waals surface area contributed by atoms with Crippen LogP contribution in [0.1, 0.15) is 21.5 Å². The van der Waals surface area contributed by atoms with E-state index in [4.69, 9.17) is 11.6 Å². The smallest absolute Gasteiger partial charge is 0.256 e. The minimum absolute atomic E-state index is 0.139. The molecular formula is C18H16ClN3O. The summed E-state index contributed by atoms with van der Waals surface area (Å²) in [6, 6.07) is 15.1. The van der Waals surface area contributed by atoms with Crippen molar-refractivity contribution in [3.8, 4) is 0 Å². The molecule has 0 aliphatic heterocycles. The number of carbonyl (C=O) groups is 1. The van der Waals surface area contributed by atoms with Crippen molar-refractivity contribution in [2.24, 2.45) is 0 Å². The van der Waals surface area contributed by atoms with Gasteiger partial charge in [-0.3, -0.25) is 9.48 Å². The Labute approximate surface area is 139 Å². The zero-order valence-electron chi connectivity index (χ0n) is 12.7. The number of anilines is 1. The predicted molar refractivity (Wildman–Crippen MR) is 91.9 cm³/mol. The van der Waals surface area contributed by atoms with Gasteiger partial charge in [0.1, 0.15) is 0 Å². The summed E-state index contributed by atoms with van der Waals surface area (Å²) in [5.41, 5.74) is 3.24. The summed E-state index contributed by atoms with van der Waals surface area (Å²) >= 11 is 6.15. The fourth-order valence-corrected chi connectivity index (χ4v) is 2.54. The van der Waals surface area contributed by atoms with Gasteiger partial charge in [0.05, 0.1) is 18.4 Å². The zero-order valence-corrected chi connectivity index (χ0v) is 13.4. The molecule has 2 aromatic carbocycles. The first-order valence-electron chi connectivity index (χ1n) is 7.26. The van der Waals surface area contributed by atoms with E-state index in [1.807, 2.05) is 49.4 Å². The summed E-state index contributed by atoms with van der Waals surface area (Å²) in [5, 5.41) is 7.83. The first-order chi connectivity index (χ1) is 11.1. The number of hydrogen-bond donors (Lipinski definition) is 1. The molecule has 23 heavy (non-hydrogen) atoms. The Balaban J connectivity index is 1.72. The van der Waals surface area contributed by atoms with Crippen LogP contribution in [0.3, 0.4) is 0 Å². The third-order valence-electron chi connectivity index (χ3n) is 3.57. The maximum atomic E-state index is 12.3. The molecule has 5 heteroatoms. The molecule has 1 heterocycles. The molecule has 0 aliphatic rings. The number of aromatic nitrogens is 2. The van der Waals surface area contributed by atoms with E-state index in [-0.39, 0.29) is 5.91 Å². The highest BCUT2D eigenvalue weighted by molar-refractivity contribution is 6.31. The second-order valence-corrected chi connectivity index (χ2v) is 5.69. The number of nitrogens with one attached hydrogen (secondary N) is 1. The monoisotopic (exact) mass is 325 g/mol. The van der Waals surface area contributed by atoms with Gasteiger partial charge in [0, 0.05) is 16.8 Å². The Morgan fingerprint density at radius 2 is 1.91 bits per heavy atom. The van der Waals surface area contributed by atoms with Gasteiger partial charge in [0.25, 0.3) is 5.91 Å². The van der Waals surface area contributed by atoms with E-state index in [0.29, 0.717) is 22.8 Å². The lowest BCUT2D eigenvalue weighted by atomic mass is 10.1. The number of carbonyl (C=O) groups excluding carboxylic acids is 1. The quantitative estimate of drug-likeness (QED) is 0.783. The lowest BCUT2D eigenvalue weighted by molar-refractivity contribution is 0.102. The molecule has 0 saturated carbocycles. The maximum Gasteiger partial charge on any atom is 0.256 e. The van der Waals surface area contributed by atoms with Gasteiger partial charge in [-0.15, -0.1) is 0 Å². The summed E-state index contributed by atoms with van der Waals surface area (Å²) in [5.74, 6) is -0.139. The van der Waals surface area contributed by atoms with Crippen LogP contribution in [0.4, 0.5) is 5.69 Å². The molecule has 3 aromatic rings. The van der Waals surface area contributed by atoms with E-state index in [0.717, 1.165) is 11.1 Å². The van der Waals surface area contributed by atoms with Crippen LogP contribution in [0, 0.1) is 6.92 Å². The van der Waals surface area contributed by atoms with Crippen molar-refractivity contribution in [1.82, 2.24) is 9.78 Å². The molecule has 116 valence electrons. The highest BCUT2D eigenvalue weighted by atomic mass is 35.5. The van der Waals surface area contributed by atoms with Crippen LogP contribution in [0.5, 0.6) is 0 Å². The molecule has 0 bridgehead atoms. The van der Waals surface area contributed by atoms with Crippen molar-refractivity contribution in [1.29, 1.82) is 0 Å². The number of hydrogen-bond acceptors (Lipinski definition) is 2. The molecule has 1 aromatic heterocycles. The maximum absolute atomic E-state index is 12.3. The fraction of sp³-hybridized carbons (Fsp3) is 0.111. The first kappa shape index (κ1) is 15.3. The number of benzene rings is 2. The van der Waals surface area contributed by atoms with Gasteiger partial charge < -0.3 is 5.32 Å². The van der Waals surface area contributed by atoms with E-state index in [1.54, 1.807) is 23.1 Å². The zero-order chi connectivity index (χ0) is 16.2. The molecule has 0 radical (unpaired) electrons. The standard InChI is InChI=1S/C18H16ClN3O/c1-13-6-2-4-8-16(13)18(23)21-15-10-20-22(12-15)11-14-7-3-5-9-17(14)19/h2-10,12H,11H2,1H3,(H,21,23). The number of aryl methyl sites for hydroxylation is 1. The Morgan fingerprint density at radius 1 is 1.17 bits per heavy atom. The lowest BCUT2D eigenvalue weighted by Crippen LogP contribution is -2.12. The summed E-state index contributed by atoms with van der Waals surface area (Å²) in [6.45, 7) is 2.47. The van der Waals surface area contributed by atoms with Crippen LogP contribution in [-0.4, -0.2) is 15.7 Å². The lowest BCUT2D eigenvalue weighted by Gasteiger charge is -2.05. The van der Waals surface area contributed by atoms with E-state index in [9.17, 15) is 4.79 Å². The number of nitrogens with zero attached hydrogens (tertiary/aromatic N) is 2. The number of rotatable bonds is 4. The van der Waals surface area contributed by atoms with Crippen LogP contribution < -0.4 is 5.32 Å². The molecule has 0 unspecified atom stereocenters. The normalized spacial score (nSPS) is 10.5. The van der Waals surface area contributed by atoms with Gasteiger partial charge in [0.15, 0.2) is 0 Å². The van der Waals surface area contributed by atoms with Gasteiger partial charge in [-0.2, -0.15) is 5.10 Å². The minimum Gasteiger partial charge on any atom is -0.319 e. The third-order valence-corrected chi connectivity index (χ3v) is 3.94. The van der Waals surface area contributed by atoms with Crippen molar-refractivity contribution in [2.75, 3.05) is 5.32 Å². The average molecular weight is 326 g/mol. The Bertz CT molecular complexity index is 842. The van der Waals surface area contributed by atoms with Crippen molar-refractivity contribution in [3.05, 3.63) is 82.6 Å². The summed E-state index contributed by atoms with van der Waals surface area (Å²) in [6.07, 6.45) is 3.42. The molecule has 3 rings (SSSR count). The second-order valence-electron chi connectivity index (χ2n) is 5.29. The summed E-state index contributed by atoms with van der Waals surface area (Å²) < 4.78 is 1.74. The van der Waals surface area contributed by atoms with Crippen LogP contribution in [0.2, 0.25) is 5.02 Å². The number of amides is 1. The Hall–Kier alpha value is -2.59. The van der Waals surface area contributed by atoms with E-state index in [2.05, 4.69) is 10.4 Å². The minimum atomic E-state index is -0.139. The van der Waals surface area contributed by atoms with Crippen molar-refractivity contribution < 1.29 is 4.79 Å². The molecule has 4 nitrogen and oxygen atoms in total. The molecule has 0 spiro atoms. The number of halogens is 1. The van der Waals surface area contributed by atoms with Gasteiger partial charge in [-0.1, -0.05) is 48.0 Å². The van der Waals surface area contributed by atoms with E-state index >= 15 is 0 Å². The first-order valence-corrected chi connectivity index (χ1v) is 7.64. The second kappa shape index (κ2) is 6.67. The molecule has 0 atom stereocenters. The van der Waals surface area contributed by atoms with Crippen LogP contribution >= 0.6 is 11.6 Å². The Morgan fingerprint density at radius 3 is 2.70 bits per heavy atom. The molecule has 0 saturated heterocycles. The SMILES string of the molecule is Cc1ccccc1C(=O)Nc1cnn(Cc2ccccc2Cl)c1. The van der Waals surface area contributed by atoms with Crippen LogP contribution in [0.25, 0.3) is 0 Å². The molecule has 0 aliphatic carbocycles. The third kappa shape index (κ3) is 3.60. The van der Waals surface area contributed by atoms with Gasteiger partial charge in [-0.25, -0.2) is 0 Å². The van der Waals surface area contributed by atoms with Crippen molar-refractivity contribution in [3.63, 3.8) is 0 Å². The molecule has 1 amide bonds. The molecule has 0 fully saturated rings. The van der Waals surface area contributed by atoms with Crippen molar-refractivity contribution in [2.45, 2.75) is 13.5 Å². The van der Waals surface area contributed by atoms with Crippen molar-refractivity contribution >= 4 is 23.2 Å². The van der Waals surface area contributed by atoms with E-state index in [1.165, 1.54) is 0 Å². The average Bonchev–Trinajstić information content (AvgIpc) is 2.97. The summed E-state index contributed by atoms with van der Waals surface area (Å²) in [4.78, 5) is 12.3. The highest BCUT2D eigenvalue weighted by Gasteiger charge is 2.10. The predicted octanol–water partition coefficient (Wildman–Crippen LogP) is 4.15. The van der Waals surface area contributed by atoms with E-state index < -0.39 is 0 Å². The topological polar surface area (TPSA) is 46.9 Å². The Kier molecular flexibility index (Phi) is 4.44. The van der Waals surface area contributed by atoms with Gasteiger partial charge >= 0.3 is 0 Å². The largest absolute Gasteiger partial charge is 0.319 e. The van der Waals surface area contributed by atoms with Crippen LogP contribution in [0.15, 0.2) is 60.9 Å². The van der Waals surface area contributed by atoms with Gasteiger partial charge in [-0.05, 0) is 30.2 Å².